The molecule has 0 atom stereocenters. The van der Waals surface area contributed by atoms with Gasteiger partial charge in [-0.1, -0.05) is 32.0 Å². The van der Waals surface area contributed by atoms with E-state index in [0.717, 1.165) is 30.2 Å². The summed E-state index contributed by atoms with van der Waals surface area (Å²) in [5, 5.41) is 5.56. The van der Waals surface area contributed by atoms with Gasteiger partial charge in [0.2, 0.25) is 0 Å². The molecule has 0 unspecified atom stereocenters. The maximum absolute atomic E-state index is 5.95. The van der Waals surface area contributed by atoms with E-state index in [1.54, 1.807) is 18.4 Å². The Labute approximate surface area is 130 Å². The van der Waals surface area contributed by atoms with Crippen LogP contribution in [0.15, 0.2) is 35.7 Å². The van der Waals surface area contributed by atoms with Gasteiger partial charge in [0.05, 0.1) is 13.7 Å². The van der Waals surface area contributed by atoms with Gasteiger partial charge in [0.15, 0.2) is 11.5 Å². The number of thiophene rings is 1. The van der Waals surface area contributed by atoms with Gasteiger partial charge in [-0.3, -0.25) is 0 Å². The molecule has 0 bridgehead atoms. The molecule has 1 heterocycles. The normalized spacial score (nSPS) is 10.9. The van der Waals surface area contributed by atoms with Crippen LogP contribution in [0.5, 0.6) is 11.5 Å². The average molecular weight is 305 g/mol. The average Bonchev–Trinajstić information content (AvgIpc) is 2.98. The Balaban J connectivity index is 2.02. The van der Waals surface area contributed by atoms with Crippen molar-refractivity contribution in [2.75, 3.05) is 13.7 Å². The molecule has 2 aromatic rings. The van der Waals surface area contributed by atoms with Gasteiger partial charge >= 0.3 is 0 Å². The Morgan fingerprint density at radius 2 is 2.00 bits per heavy atom. The summed E-state index contributed by atoms with van der Waals surface area (Å²) in [6.07, 6.45) is 0. The van der Waals surface area contributed by atoms with Crippen LogP contribution in [0.2, 0.25) is 0 Å². The van der Waals surface area contributed by atoms with Crippen LogP contribution in [0.4, 0.5) is 0 Å². The lowest BCUT2D eigenvalue weighted by Gasteiger charge is -2.16. The van der Waals surface area contributed by atoms with E-state index in [0.29, 0.717) is 12.5 Å². The van der Waals surface area contributed by atoms with Crippen LogP contribution in [-0.2, 0) is 13.1 Å². The lowest BCUT2D eigenvalue weighted by molar-refractivity contribution is 0.254. The van der Waals surface area contributed by atoms with Crippen molar-refractivity contribution < 1.29 is 9.47 Å². The number of ether oxygens (including phenoxy) is 2. The third-order valence-electron chi connectivity index (χ3n) is 3.04. The van der Waals surface area contributed by atoms with E-state index >= 15 is 0 Å². The molecule has 1 N–H and O–H groups in total. The highest BCUT2D eigenvalue weighted by atomic mass is 32.1. The number of para-hydroxylation sites is 1. The van der Waals surface area contributed by atoms with Crippen molar-refractivity contribution in [1.82, 2.24) is 5.32 Å². The fourth-order valence-corrected chi connectivity index (χ4v) is 2.68. The third kappa shape index (κ3) is 4.76. The minimum absolute atomic E-state index is 0.488. The number of rotatable bonds is 8. The topological polar surface area (TPSA) is 30.5 Å². The van der Waals surface area contributed by atoms with Crippen molar-refractivity contribution in [2.24, 2.45) is 5.92 Å². The maximum Gasteiger partial charge on any atom is 0.165 e. The highest BCUT2D eigenvalue weighted by molar-refractivity contribution is 7.09. The van der Waals surface area contributed by atoms with Crippen molar-refractivity contribution in [2.45, 2.75) is 26.9 Å². The van der Waals surface area contributed by atoms with Crippen LogP contribution in [0.1, 0.15) is 24.3 Å². The highest BCUT2D eigenvalue weighted by Gasteiger charge is 2.11. The largest absolute Gasteiger partial charge is 0.493 e. The van der Waals surface area contributed by atoms with Gasteiger partial charge in [-0.2, -0.15) is 0 Å². The molecule has 0 radical (unpaired) electrons. The Kier molecular flexibility index (Phi) is 6.08. The van der Waals surface area contributed by atoms with E-state index in [-0.39, 0.29) is 0 Å². The molecule has 0 aliphatic heterocycles. The SMILES string of the molecule is COc1cccc(CNCc2cccs2)c1OCC(C)C. The summed E-state index contributed by atoms with van der Waals surface area (Å²) in [6.45, 7) is 6.62. The summed E-state index contributed by atoms with van der Waals surface area (Å²) in [5.41, 5.74) is 1.13. The first-order valence-electron chi connectivity index (χ1n) is 7.22. The first-order valence-corrected chi connectivity index (χ1v) is 8.10. The summed E-state index contributed by atoms with van der Waals surface area (Å²) in [4.78, 5) is 1.34. The molecule has 0 saturated carbocycles. The summed E-state index contributed by atoms with van der Waals surface area (Å²) >= 11 is 1.77. The van der Waals surface area contributed by atoms with Gasteiger partial charge in [-0.05, 0) is 23.4 Å². The Morgan fingerprint density at radius 1 is 1.14 bits per heavy atom. The molecule has 21 heavy (non-hydrogen) atoms. The fraction of sp³-hybridized carbons (Fsp3) is 0.412. The molecule has 1 aromatic carbocycles. The lowest BCUT2D eigenvalue weighted by atomic mass is 10.1. The van der Waals surface area contributed by atoms with Gasteiger partial charge in [-0.25, -0.2) is 0 Å². The molecule has 2 rings (SSSR count). The molecule has 0 fully saturated rings. The van der Waals surface area contributed by atoms with Crippen molar-refractivity contribution >= 4 is 11.3 Å². The first-order chi connectivity index (χ1) is 10.2. The van der Waals surface area contributed by atoms with Crippen LogP contribution in [0, 0.1) is 5.92 Å². The monoisotopic (exact) mass is 305 g/mol. The quantitative estimate of drug-likeness (QED) is 0.797. The summed E-state index contributed by atoms with van der Waals surface area (Å²) in [7, 11) is 1.68. The van der Waals surface area contributed by atoms with Gasteiger partial charge < -0.3 is 14.8 Å². The van der Waals surface area contributed by atoms with Gasteiger partial charge in [0.1, 0.15) is 0 Å². The van der Waals surface area contributed by atoms with Crippen LogP contribution in [-0.4, -0.2) is 13.7 Å². The molecule has 0 aliphatic carbocycles. The molecular weight excluding hydrogens is 282 g/mol. The maximum atomic E-state index is 5.95. The van der Waals surface area contributed by atoms with E-state index in [4.69, 9.17) is 9.47 Å². The minimum Gasteiger partial charge on any atom is -0.493 e. The van der Waals surface area contributed by atoms with Crippen molar-refractivity contribution in [3.8, 4) is 11.5 Å². The van der Waals surface area contributed by atoms with Gasteiger partial charge in [0, 0.05) is 23.5 Å². The molecule has 3 nitrogen and oxygen atoms in total. The van der Waals surface area contributed by atoms with Crippen molar-refractivity contribution in [3.63, 3.8) is 0 Å². The zero-order valence-corrected chi connectivity index (χ0v) is 13.7. The van der Waals surface area contributed by atoms with Crippen LogP contribution in [0.25, 0.3) is 0 Å². The van der Waals surface area contributed by atoms with E-state index in [1.165, 1.54) is 4.88 Å². The number of nitrogens with one attached hydrogen (secondary N) is 1. The summed E-state index contributed by atoms with van der Waals surface area (Å²) < 4.78 is 11.4. The Hall–Kier alpha value is -1.52. The molecule has 0 aliphatic rings. The molecule has 114 valence electrons. The number of benzene rings is 1. The number of hydrogen-bond acceptors (Lipinski definition) is 4. The van der Waals surface area contributed by atoms with Crippen molar-refractivity contribution in [3.05, 3.63) is 46.2 Å². The molecule has 0 amide bonds. The van der Waals surface area contributed by atoms with E-state index < -0.39 is 0 Å². The van der Waals surface area contributed by atoms with Gasteiger partial charge in [0.25, 0.3) is 0 Å². The second-order valence-corrected chi connectivity index (χ2v) is 6.37. The lowest BCUT2D eigenvalue weighted by Crippen LogP contribution is -2.14. The third-order valence-corrected chi connectivity index (χ3v) is 3.91. The minimum atomic E-state index is 0.488. The van der Waals surface area contributed by atoms with Crippen LogP contribution in [0.3, 0.4) is 0 Å². The first kappa shape index (κ1) is 15.9. The van der Waals surface area contributed by atoms with Crippen LogP contribution >= 0.6 is 11.3 Å². The highest BCUT2D eigenvalue weighted by Crippen LogP contribution is 2.31. The molecule has 0 saturated heterocycles. The van der Waals surface area contributed by atoms with Crippen molar-refractivity contribution in [1.29, 1.82) is 0 Å². The number of hydrogen-bond donors (Lipinski definition) is 1. The smallest absolute Gasteiger partial charge is 0.165 e. The van der Waals surface area contributed by atoms with E-state index in [2.05, 4.69) is 42.7 Å². The number of methoxy groups -OCH3 is 1. The molecular formula is C17H23NO2S. The predicted octanol–water partition coefficient (Wildman–Crippen LogP) is 4.08. The van der Waals surface area contributed by atoms with E-state index in [9.17, 15) is 0 Å². The molecule has 1 aromatic heterocycles. The fourth-order valence-electron chi connectivity index (χ4n) is 2.01. The zero-order valence-electron chi connectivity index (χ0n) is 12.9. The van der Waals surface area contributed by atoms with Crippen LogP contribution < -0.4 is 14.8 Å². The zero-order chi connectivity index (χ0) is 15.1. The second-order valence-electron chi connectivity index (χ2n) is 5.34. The molecule has 0 spiro atoms. The van der Waals surface area contributed by atoms with E-state index in [1.807, 2.05) is 12.1 Å². The molecule has 4 heteroatoms. The predicted molar refractivity (Wildman–Crippen MR) is 88.2 cm³/mol. The summed E-state index contributed by atoms with van der Waals surface area (Å²) in [5.74, 6) is 2.14. The second kappa shape index (κ2) is 8.05. The Bertz CT molecular complexity index is 538. The Morgan fingerprint density at radius 3 is 2.67 bits per heavy atom. The summed E-state index contributed by atoms with van der Waals surface area (Å²) in [6, 6.07) is 10.2. The standard InChI is InChI=1S/C17H23NO2S/c1-13(2)12-20-17-14(6-4-8-16(17)19-3)10-18-11-15-7-5-9-21-15/h4-9,13,18H,10-12H2,1-3H3. The van der Waals surface area contributed by atoms with Gasteiger partial charge in [-0.15, -0.1) is 11.3 Å².